The molecule has 1 N–H and O–H groups in total. The fourth-order valence-corrected chi connectivity index (χ4v) is 3.68. The number of nitrogens with zero attached hydrogens (tertiary/aromatic N) is 4. The highest BCUT2D eigenvalue weighted by molar-refractivity contribution is 7.99. The van der Waals surface area contributed by atoms with Gasteiger partial charge < -0.3 is 5.32 Å². The Hall–Kier alpha value is -3.00. The number of thioether (sulfide) groups is 1. The minimum absolute atomic E-state index is 0.0362. The molecule has 1 aliphatic rings. The fraction of sp³-hybridized carbons (Fsp3) is 0.250. The van der Waals surface area contributed by atoms with Crippen LogP contribution in [0.25, 0.3) is 11.4 Å². The molecule has 1 fully saturated rings. The third kappa shape index (κ3) is 4.12. The Morgan fingerprint density at radius 1 is 1.21 bits per heavy atom. The standard InChI is InChI=1S/C20H19N5O2S/c1-13(26)14-4-2-6-16(10-14)22-18(27)12-28-20-24-23-19(25(20)17-7-8-17)15-5-3-9-21-11-15/h2-6,9-11,17H,7-8,12H2,1H3,(H,22,27). The third-order valence-electron chi connectivity index (χ3n) is 4.38. The number of carbonyl (C=O) groups is 2. The number of Topliss-reactive ketones (excluding diaryl/α,β-unsaturated/α-hetero) is 1. The van der Waals surface area contributed by atoms with Crippen LogP contribution in [0.4, 0.5) is 5.69 Å². The van der Waals surface area contributed by atoms with Gasteiger partial charge >= 0.3 is 0 Å². The number of amides is 1. The molecule has 0 atom stereocenters. The highest BCUT2D eigenvalue weighted by atomic mass is 32.2. The van der Waals surface area contributed by atoms with E-state index in [-0.39, 0.29) is 17.4 Å². The monoisotopic (exact) mass is 393 g/mol. The average molecular weight is 393 g/mol. The minimum Gasteiger partial charge on any atom is -0.325 e. The number of anilines is 1. The molecule has 0 saturated heterocycles. The molecule has 0 radical (unpaired) electrons. The molecule has 1 saturated carbocycles. The van der Waals surface area contributed by atoms with Crippen molar-refractivity contribution in [2.75, 3.05) is 11.1 Å². The normalized spacial score (nSPS) is 13.3. The van der Waals surface area contributed by atoms with Gasteiger partial charge in [-0.1, -0.05) is 23.9 Å². The zero-order valence-corrected chi connectivity index (χ0v) is 16.1. The molecule has 8 heteroatoms. The maximum atomic E-state index is 12.4. The summed E-state index contributed by atoms with van der Waals surface area (Å²) in [6, 6.07) is 11.1. The first-order valence-corrected chi connectivity index (χ1v) is 9.99. The third-order valence-corrected chi connectivity index (χ3v) is 5.32. The van der Waals surface area contributed by atoms with Gasteiger partial charge in [-0.05, 0) is 44.0 Å². The molecule has 142 valence electrons. The van der Waals surface area contributed by atoms with Crippen molar-refractivity contribution in [1.29, 1.82) is 0 Å². The van der Waals surface area contributed by atoms with Gasteiger partial charge in [0, 0.05) is 35.2 Å². The summed E-state index contributed by atoms with van der Waals surface area (Å²) in [6.45, 7) is 1.50. The van der Waals surface area contributed by atoms with Crippen molar-refractivity contribution in [2.24, 2.45) is 0 Å². The Labute approximate surface area is 166 Å². The first kappa shape index (κ1) is 18.4. The fourth-order valence-electron chi connectivity index (χ4n) is 2.87. The molecule has 0 bridgehead atoms. The topological polar surface area (TPSA) is 89.8 Å². The quantitative estimate of drug-likeness (QED) is 0.487. The number of pyridine rings is 1. The van der Waals surface area contributed by atoms with Gasteiger partial charge in [0.15, 0.2) is 16.8 Å². The molecule has 1 aromatic carbocycles. The summed E-state index contributed by atoms with van der Waals surface area (Å²) in [5.41, 5.74) is 2.09. The van der Waals surface area contributed by atoms with E-state index in [2.05, 4.69) is 25.1 Å². The molecule has 28 heavy (non-hydrogen) atoms. The van der Waals surface area contributed by atoms with E-state index in [9.17, 15) is 9.59 Å². The number of carbonyl (C=O) groups excluding carboxylic acids is 2. The van der Waals surface area contributed by atoms with Crippen LogP contribution < -0.4 is 5.32 Å². The lowest BCUT2D eigenvalue weighted by Crippen LogP contribution is -2.15. The van der Waals surface area contributed by atoms with Crippen molar-refractivity contribution >= 4 is 29.1 Å². The second kappa shape index (κ2) is 7.93. The maximum absolute atomic E-state index is 12.4. The van der Waals surface area contributed by atoms with Crippen LogP contribution in [-0.4, -0.2) is 37.2 Å². The van der Waals surface area contributed by atoms with E-state index in [1.165, 1.54) is 18.7 Å². The largest absolute Gasteiger partial charge is 0.325 e. The molecule has 2 heterocycles. The van der Waals surface area contributed by atoms with E-state index in [1.807, 2.05) is 12.1 Å². The van der Waals surface area contributed by atoms with Crippen LogP contribution in [-0.2, 0) is 4.79 Å². The number of benzene rings is 1. The Bertz CT molecular complexity index is 1010. The molecular weight excluding hydrogens is 374 g/mol. The summed E-state index contributed by atoms with van der Waals surface area (Å²) in [5.74, 6) is 0.805. The number of rotatable bonds is 7. The van der Waals surface area contributed by atoms with Gasteiger partial charge in [0.1, 0.15) is 0 Å². The highest BCUT2D eigenvalue weighted by Gasteiger charge is 2.30. The summed E-state index contributed by atoms with van der Waals surface area (Å²) in [5, 5.41) is 12.2. The molecule has 0 unspecified atom stereocenters. The number of aromatic nitrogens is 4. The minimum atomic E-state index is -0.154. The van der Waals surface area contributed by atoms with Crippen LogP contribution in [0.2, 0.25) is 0 Å². The highest BCUT2D eigenvalue weighted by Crippen LogP contribution is 2.40. The molecule has 7 nitrogen and oxygen atoms in total. The molecule has 2 aromatic heterocycles. The van der Waals surface area contributed by atoms with Crippen molar-refractivity contribution in [1.82, 2.24) is 19.7 Å². The van der Waals surface area contributed by atoms with Gasteiger partial charge in [0.05, 0.1) is 5.75 Å². The van der Waals surface area contributed by atoms with Gasteiger partial charge in [0.25, 0.3) is 0 Å². The van der Waals surface area contributed by atoms with E-state index in [0.29, 0.717) is 17.3 Å². The van der Waals surface area contributed by atoms with Gasteiger partial charge in [-0.15, -0.1) is 10.2 Å². The lowest BCUT2D eigenvalue weighted by Gasteiger charge is -2.09. The van der Waals surface area contributed by atoms with Crippen molar-refractivity contribution < 1.29 is 9.59 Å². The van der Waals surface area contributed by atoms with Crippen molar-refractivity contribution in [3.63, 3.8) is 0 Å². The second-order valence-electron chi connectivity index (χ2n) is 6.62. The summed E-state index contributed by atoms with van der Waals surface area (Å²) in [6.07, 6.45) is 5.67. The molecule has 3 aromatic rings. The van der Waals surface area contributed by atoms with Crippen molar-refractivity contribution in [3.05, 3.63) is 54.4 Å². The molecule has 4 rings (SSSR count). The second-order valence-corrected chi connectivity index (χ2v) is 7.57. The van der Waals surface area contributed by atoms with Crippen molar-refractivity contribution in [2.45, 2.75) is 31.0 Å². The molecule has 1 amide bonds. The average Bonchev–Trinajstić information content (AvgIpc) is 3.46. The molecular formula is C20H19N5O2S. The van der Waals surface area contributed by atoms with E-state index in [0.717, 1.165) is 29.4 Å². The SMILES string of the molecule is CC(=O)c1cccc(NC(=O)CSc2nnc(-c3cccnc3)n2C2CC2)c1. The van der Waals surface area contributed by atoms with Crippen molar-refractivity contribution in [3.8, 4) is 11.4 Å². The zero-order valence-electron chi connectivity index (χ0n) is 15.3. The first-order chi connectivity index (χ1) is 13.6. The predicted molar refractivity (Wildman–Crippen MR) is 107 cm³/mol. The Morgan fingerprint density at radius 2 is 2.07 bits per heavy atom. The van der Waals surface area contributed by atoms with Crippen LogP contribution in [0.3, 0.4) is 0 Å². The van der Waals surface area contributed by atoms with Gasteiger partial charge in [-0.25, -0.2) is 0 Å². The molecule has 1 aliphatic carbocycles. The van der Waals surface area contributed by atoms with Crippen LogP contribution >= 0.6 is 11.8 Å². The Kier molecular flexibility index (Phi) is 5.21. The lowest BCUT2D eigenvalue weighted by molar-refractivity contribution is -0.113. The number of nitrogens with one attached hydrogen (secondary N) is 1. The van der Waals surface area contributed by atoms with E-state index < -0.39 is 0 Å². The van der Waals surface area contributed by atoms with Crippen LogP contribution in [0.5, 0.6) is 0 Å². The smallest absolute Gasteiger partial charge is 0.234 e. The number of hydrogen-bond donors (Lipinski definition) is 1. The van der Waals surface area contributed by atoms with E-state index in [4.69, 9.17) is 0 Å². The predicted octanol–water partition coefficient (Wildman–Crippen LogP) is 3.61. The van der Waals surface area contributed by atoms with Crippen LogP contribution in [0.15, 0.2) is 53.9 Å². The lowest BCUT2D eigenvalue weighted by atomic mass is 10.1. The summed E-state index contributed by atoms with van der Waals surface area (Å²) in [7, 11) is 0. The van der Waals surface area contributed by atoms with E-state index >= 15 is 0 Å². The number of hydrogen-bond acceptors (Lipinski definition) is 6. The van der Waals surface area contributed by atoms with Gasteiger partial charge in [-0.2, -0.15) is 0 Å². The summed E-state index contributed by atoms with van der Waals surface area (Å²) in [4.78, 5) is 28.0. The summed E-state index contributed by atoms with van der Waals surface area (Å²) < 4.78 is 2.10. The summed E-state index contributed by atoms with van der Waals surface area (Å²) >= 11 is 1.36. The molecule has 0 aliphatic heterocycles. The van der Waals surface area contributed by atoms with Crippen LogP contribution in [0, 0.1) is 0 Å². The Morgan fingerprint density at radius 3 is 2.79 bits per heavy atom. The van der Waals surface area contributed by atoms with Gasteiger partial charge in [0.2, 0.25) is 5.91 Å². The maximum Gasteiger partial charge on any atom is 0.234 e. The molecule has 0 spiro atoms. The first-order valence-electron chi connectivity index (χ1n) is 9.01. The number of ketones is 1. The van der Waals surface area contributed by atoms with Crippen LogP contribution in [0.1, 0.15) is 36.2 Å². The van der Waals surface area contributed by atoms with Gasteiger partial charge in [-0.3, -0.25) is 19.1 Å². The Balaban J connectivity index is 1.45. The van der Waals surface area contributed by atoms with E-state index in [1.54, 1.807) is 36.7 Å². The zero-order chi connectivity index (χ0) is 19.5.